The quantitative estimate of drug-likeness (QED) is 0.858. The van der Waals surface area contributed by atoms with Gasteiger partial charge < -0.3 is 11.1 Å². The van der Waals surface area contributed by atoms with Crippen LogP contribution in [0.4, 0.5) is 0 Å². The zero-order valence-electron chi connectivity index (χ0n) is 12.8. The first-order valence-electron chi connectivity index (χ1n) is 7.29. The van der Waals surface area contributed by atoms with Crippen LogP contribution in [0.2, 0.25) is 0 Å². The maximum Gasteiger partial charge on any atom is 0.244 e. The first-order chi connectivity index (χ1) is 10.4. The topological polar surface area (TPSA) is 55.1 Å². The molecule has 2 aromatic rings. The third-order valence-electron chi connectivity index (χ3n) is 3.68. The molecule has 2 rings (SSSR count). The summed E-state index contributed by atoms with van der Waals surface area (Å²) < 4.78 is 1.05. The van der Waals surface area contributed by atoms with Crippen molar-refractivity contribution in [1.29, 1.82) is 0 Å². The lowest BCUT2D eigenvalue weighted by atomic mass is 9.92. The normalized spacial score (nSPS) is 14.9. The lowest BCUT2D eigenvalue weighted by molar-refractivity contribution is -0.126. The highest BCUT2D eigenvalue weighted by Gasteiger charge is 2.30. The van der Waals surface area contributed by atoms with Gasteiger partial charge in [-0.05, 0) is 43.5 Å². The van der Waals surface area contributed by atoms with Crippen molar-refractivity contribution in [2.75, 3.05) is 0 Å². The minimum absolute atomic E-state index is 0.0141. The van der Waals surface area contributed by atoms with Crippen LogP contribution in [-0.2, 0) is 16.8 Å². The van der Waals surface area contributed by atoms with Gasteiger partial charge in [0.05, 0.1) is 0 Å². The minimum Gasteiger partial charge on any atom is -0.351 e. The molecule has 2 unspecified atom stereocenters. The Kier molecular flexibility index (Phi) is 5.37. The average Bonchev–Trinajstić information content (AvgIpc) is 2.50. The zero-order chi connectivity index (χ0) is 16.2. The van der Waals surface area contributed by atoms with Crippen LogP contribution in [0.25, 0.3) is 0 Å². The lowest BCUT2D eigenvalue weighted by Crippen LogP contribution is -2.51. The molecule has 2 aromatic carbocycles. The number of amides is 1. The Balaban J connectivity index is 2.00. The van der Waals surface area contributed by atoms with Gasteiger partial charge >= 0.3 is 0 Å². The second kappa shape index (κ2) is 7.07. The number of rotatable bonds is 5. The highest BCUT2D eigenvalue weighted by atomic mass is 79.9. The third kappa shape index (κ3) is 4.18. The molecule has 4 heteroatoms. The van der Waals surface area contributed by atoms with E-state index in [0.29, 0.717) is 0 Å². The fourth-order valence-electron chi connectivity index (χ4n) is 2.31. The molecule has 0 spiro atoms. The highest BCUT2D eigenvalue weighted by molar-refractivity contribution is 9.10. The molecule has 1 amide bonds. The Bertz CT molecular complexity index is 623. The summed E-state index contributed by atoms with van der Waals surface area (Å²) in [5.41, 5.74) is 7.18. The van der Waals surface area contributed by atoms with Crippen LogP contribution < -0.4 is 11.1 Å². The molecule has 0 aliphatic carbocycles. The van der Waals surface area contributed by atoms with Crippen molar-refractivity contribution in [3.63, 3.8) is 0 Å². The summed E-state index contributed by atoms with van der Waals surface area (Å²) in [6.45, 7) is 3.73. The van der Waals surface area contributed by atoms with Gasteiger partial charge in [-0.15, -0.1) is 0 Å². The van der Waals surface area contributed by atoms with E-state index in [0.717, 1.165) is 16.5 Å². The Labute approximate surface area is 140 Å². The van der Waals surface area contributed by atoms with E-state index in [4.69, 9.17) is 5.73 Å². The summed E-state index contributed by atoms with van der Waals surface area (Å²) in [4.78, 5) is 12.5. The fourth-order valence-corrected chi connectivity index (χ4v) is 2.58. The van der Waals surface area contributed by atoms with Gasteiger partial charge in [0, 0.05) is 10.5 Å². The summed E-state index contributed by atoms with van der Waals surface area (Å²) in [5.74, 6) is -0.164. The van der Waals surface area contributed by atoms with E-state index in [1.165, 1.54) is 5.56 Å². The number of nitrogens with two attached hydrogens (primary N) is 1. The van der Waals surface area contributed by atoms with Crippen LogP contribution in [0, 0.1) is 0 Å². The van der Waals surface area contributed by atoms with Crippen LogP contribution >= 0.6 is 15.9 Å². The van der Waals surface area contributed by atoms with Crippen molar-refractivity contribution >= 4 is 21.8 Å². The van der Waals surface area contributed by atoms with E-state index >= 15 is 0 Å². The van der Waals surface area contributed by atoms with Gasteiger partial charge in [-0.3, -0.25) is 4.79 Å². The molecule has 3 nitrogen and oxygen atoms in total. The summed E-state index contributed by atoms with van der Waals surface area (Å²) >= 11 is 3.42. The van der Waals surface area contributed by atoms with Crippen LogP contribution in [0.5, 0.6) is 0 Å². The van der Waals surface area contributed by atoms with Gasteiger partial charge in [-0.2, -0.15) is 0 Å². The van der Waals surface area contributed by atoms with Crippen molar-refractivity contribution in [1.82, 2.24) is 5.32 Å². The molecule has 0 aliphatic rings. The van der Waals surface area contributed by atoms with Gasteiger partial charge in [-0.25, -0.2) is 0 Å². The summed E-state index contributed by atoms with van der Waals surface area (Å²) in [5, 5.41) is 3.01. The molecule has 0 aliphatic heterocycles. The van der Waals surface area contributed by atoms with Crippen molar-refractivity contribution in [2.24, 2.45) is 5.73 Å². The lowest BCUT2D eigenvalue weighted by Gasteiger charge is -2.26. The maximum absolute atomic E-state index is 12.5. The molecule has 0 radical (unpaired) electrons. The number of hydrogen-bond acceptors (Lipinski definition) is 2. The van der Waals surface area contributed by atoms with E-state index in [9.17, 15) is 4.79 Å². The van der Waals surface area contributed by atoms with Crippen LogP contribution in [0.1, 0.15) is 25.0 Å². The second-order valence-electron chi connectivity index (χ2n) is 5.77. The van der Waals surface area contributed by atoms with Crippen LogP contribution in [0.3, 0.4) is 0 Å². The summed E-state index contributed by atoms with van der Waals surface area (Å²) in [6, 6.07) is 17.5. The molecular weight excluding hydrogens is 340 g/mol. The molecule has 3 N–H and O–H groups in total. The number of halogens is 1. The largest absolute Gasteiger partial charge is 0.351 e. The molecule has 0 aromatic heterocycles. The Morgan fingerprint density at radius 3 is 2.36 bits per heavy atom. The molecule has 116 valence electrons. The van der Waals surface area contributed by atoms with Gasteiger partial charge in [0.15, 0.2) is 0 Å². The van der Waals surface area contributed by atoms with Crippen LogP contribution in [0.15, 0.2) is 59.1 Å². The smallest absolute Gasteiger partial charge is 0.244 e. The monoisotopic (exact) mass is 360 g/mol. The molecule has 0 bridgehead atoms. The van der Waals surface area contributed by atoms with E-state index in [1.54, 1.807) is 6.92 Å². The molecule has 0 saturated heterocycles. The fraction of sp³-hybridized carbons (Fsp3) is 0.278. The molecule has 0 heterocycles. The third-order valence-corrected chi connectivity index (χ3v) is 4.21. The molecule has 22 heavy (non-hydrogen) atoms. The van der Waals surface area contributed by atoms with E-state index < -0.39 is 5.54 Å². The molecule has 0 saturated carbocycles. The predicted octanol–water partition coefficient (Wildman–Crippen LogP) is 3.37. The zero-order valence-corrected chi connectivity index (χ0v) is 14.4. The Hall–Kier alpha value is -1.65. The highest BCUT2D eigenvalue weighted by Crippen LogP contribution is 2.18. The van der Waals surface area contributed by atoms with Crippen molar-refractivity contribution in [3.8, 4) is 0 Å². The number of hydrogen-bond donors (Lipinski definition) is 2. The average molecular weight is 361 g/mol. The number of carbonyl (C=O) groups is 1. The maximum atomic E-state index is 12.5. The second-order valence-corrected chi connectivity index (χ2v) is 6.69. The first kappa shape index (κ1) is 16.7. The van der Waals surface area contributed by atoms with Gasteiger partial charge in [0.2, 0.25) is 5.91 Å². The molecule has 0 fully saturated rings. The SMILES string of the molecule is CC(Cc1ccc(Br)cc1)NC(=O)C(C)(N)c1ccccc1. The number of nitrogens with one attached hydrogen (secondary N) is 1. The standard InChI is InChI=1S/C18H21BrN2O/c1-13(12-14-8-10-16(19)11-9-14)21-17(22)18(2,20)15-6-4-3-5-7-15/h3-11,13H,12,20H2,1-2H3,(H,21,22). The number of benzene rings is 2. The van der Waals surface area contributed by atoms with Gasteiger partial charge in [-0.1, -0.05) is 58.4 Å². The molecular formula is C18H21BrN2O. The van der Waals surface area contributed by atoms with Crippen molar-refractivity contribution in [2.45, 2.75) is 31.8 Å². The van der Waals surface area contributed by atoms with Crippen LogP contribution in [-0.4, -0.2) is 11.9 Å². The summed E-state index contributed by atoms with van der Waals surface area (Å²) in [6.07, 6.45) is 0.768. The Morgan fingerprint density at radius 2 is 1.77 bits per heavy atom. The van der Waals surface area contributed by atoms with Gasteiger partial charge in [0.25, 0.3) is 0 Å². The Morgan fingerprint density at radius 1 is 1.18 bits per heavy atom. The van der Waals surface area contributed by atoms with E-state index in [2.05, 4.69) is 21.2 Å². The minimum atomic E-state index is -1.03. The van der Waals surface area contributed by atoms with E-state index in [-0.39, 0.29) is 11.9 Å². The number of carbonyl (C=O) groups excluding carboxylic acids is 1. The predicted molar refractivity (Wildman–Crippen MR) is 93.4 cm³/mol. The van der Waals surface area contributed by atoms with Crippen molar-refractivity contribution < 1.29 is 4.79 Å². The molecule has 2 atom stereocenters. The van der Waals surface area contributed by atoms with Crippen molar-refractivity contribution in [3.05, 3.63) is 70.2 Å². The summed E-state index contributed by atoms with van der Waals surface area (Å²) in [7, 11) is 0. The first-order valence-corrected chi connectivity index (χ1v) is 8.08. The van der Waals surface area contributed by atoms with Gasteiger partial charge in [0.1, 0.15) is 5.54 Å². The van der Waals surface area contributed by atoms with E-state index in [1.807, 2.05) is 61.5 Å².